The molecule has 0 saturated heterocycles. The highest BCUT2D eigenvalue weighted by Gasteiger charge is 2.64. The van der Waals surface area contributed by atoms with Crippen molar-refractivity contribution in [2.45, 2.75) is 18.5 Å². The smallest absolute Gasteiger partial charge is 0.328 e. The topological polar surface area (TPSA) is 49.7 Å². The van der Waals surface area contributed by atoms with E-state index >= 15 is 0 Å². The maximum Gasteiger partial charge on any atom is 0.459 e. The van der Waals surface area contributed by atoms with E-state index in [4.69, 9.17) is 9.79 Å². The Balaban J connectivity index is 4.45. The molecule has 1 unspecified atom stereocenters. The second kappa shape index (κ2) is 3.95. The number of alkyl halides is 6. The summed E-state index contributed by atoms with van der Waals surface area (Å²) in [6, 6.07) is 0. The lowest BCUT2D eigenvalue weighted by molar-refractivity contribution is -0.328. The summed E-state index contributed by atoms with van der Waals surface area (Å²) in [6.07, 6.45) is -10.3. The van der Waals surface area contributed by atoms with Gasteiger partial charge in [-0.05, 0) is 0 Å². The Bertz CT molecular complexity index is 169. The van der Waals surface area contributed by atoms with Crippen LogP contribution in [0.15, 0.2) is 0 Å². The van der Waals surface area contributed by atoms with Crippen molar-refractivity contribution in [1.29, 1.82) is 0 Å². The predicted molar refractivity (Wildman–Crippen MR) is 28.3 cm³/mol. The summed E-state index contributed by atoms with van der Waals surface area (Å²) < 4.78 is 72.4. The molecular weight excluding hydrogens is 229 g/mol. The zero-order chi connectivity index (χ0) is 10.9. The van der Waals surface area contributed by atoms with E-state index in [2.05, 4.69) is 4.52 Å². The molecule has 0 aromatic rings. The SMILES string of the molecule is OP(O)OC(F)C(F)(F)C(F)(F)F. The van der Waals surface area contributed by atoms with Crippen LogP contribution >= 0.6 is 8.60 Å². The Hall–Kier alpha value is -0.110. The summed E-state index contributed by atoms with van der Waals surface area (Å²) in [5, 5.41) is 0. The third kappa shape index (κ3) is 3.26. The van der Waals surface area contributed by atoms with Crippen LogP contribution in [0.1, 0.15) is 0 Å². The molecule has 3 nitrogen and oxygen atoms in total. The van der Waals surface area contributed by atoms with Crippen LogP contribution in [0, 0.1) is 0 Å². The van der Waals surface area contributed by atoms with Gasteiger partial charge in [0.15, 0.2) is 0 Å². The van der Waals surface area contributed by atoms with Crippen LogP contribution in [0.25, 0.3) is 0 Å². The molecule has 0 heterocycles. The van der Waals surface area contributed by atoms with Gasteiger partial charge in [0.25, 0.3) is 6.36 Å². The number of halogens is 6. The van der Waals surface area contributed by atoms with Crippen molar-refractivity contribution in [3.8, 4) is 0 Å². The van der Waals surface area contributed by atoms with Gasteiger partial charge in [-0.25, -0.2) is 4.39 Å². The van der Waals surface area contributed by atoms with Gasteiger partial charge in [0, 0.05) is 0 Å². The summed E-state index contributed by atoms with van der Waals surface area (Å²) in [7, 11) is -3.61. The van der Waals surface area contributed by atoms with Gasteiger partial charge in [-0.15, -0.1) is 0 Å². The first-order valence-corrected chi connectivity index (χ1v) is 3.69. The van der Waals surface area contributed by atoms with Gasteiger partial charge >= 0.3 is 20.7 Å². The highest BCUT2D eigenvalue weighted by Crippen LogP contribution is 2.43. The molecule has 0 radical (unpaired) electrons. The molecule has 0 aromatic heterocycles. The highest BCUT2D eigenvalue weighted by atomic mass is 31.2. The van der Waals surface area contributed by atoms with Gasteiger partial charge in [0.1, 0.15) is 0 Å². The number of rotatable bonds is 3. The van der Waals surface area contributed by atoms with Crippen LogP contribution in [-0.4, -0.2) is 28.2 Å². The molecule has 0 aliphatic rings. The first kappa shape index (κ1) is 12.9. The van der Waals surface area contributed by atoms with Crippen LogP contribution < -0.4 is 0 Å². The highest BCUT2D eigenvalue weighted by molar-refractivity contribution is 7.39. The summed E-state index contributed by atoms with van der Waals surface area (Å²) in [5.41, 5.74) is 0. The van der Waals surface area contributed by atoms with Gasteiger partial charge in [0.2, 0.25) is 0 Å². The Morgan fingerprint density at radius 2 is 1.46 bits per heavy atom. The average molecular weight is 232 g/mol. The zero-order valence-electron chi connectivity index (χ0n) is 5.60. The van der Waals surface area contributed by atoms with Crippen LogP contribution in [0.4, 0.5) is 26.3 Å². The van der Waals surface area contributed by atoms with Gasteiger partial charge in [-0.3, -0.25) is 4.52 Å². The van der Waals surface area contributed by atoms with Crippen LogP contribution in [0.5, 0.6) is 0 Å². The molecular formula is C3H3F6O3P. The molecule has 0 fully saturated rings. The van der Waals surface area contributed by atoms with Crippen molar-refractivity contribution in [3.05, 3.63) is 0 Å². The number of hydrogen-bond acceptors (Lipinski definition) is 3. The van der Waals surface area contributed by atoms with Gasteiger partial charge in [0.05, 0.1) is 0 Å². The molecule has 13 heavy (non-hydrogen) atoms. The fourth-order valence-corrected chi connectivity index (χ4v) is 0.576. The molecule has 0 aliphatic carbocycles. The number of hydrogen-bond donors (Lipinski definition) is 2. The molecule has 0 rings (SSSR count). The first-order chi connectivity index (χ1) is 5.59. The lowest BCUT2D eigenvalue weighted by Gasteiger charge is -2.22. The Kier molecular flexibility index (Phi) is 3.92. The third-order valence-electron chi connectivity index (χ3n) is 0.850. The standard InChI is InChI=1S/C3H3F6O3P/c4-1(12-13(10)11)2(5,6)3(7,8)9/h1,10-11H. The van der Waals surface area contributed by atoms with Crippen molar-refractivity contribution >= 4 is 8.60 Å². The van der Waals surface area contributed by atoms with Crippen molar-refractivity contribution in [1.82, 2.24) is 0 Å². The lowest BCUT2D eigenvalue weighted by atomic mass is 10.3. The summed E-state index contributed by atoms with van der Waals surface area (Å²) in [5.74, 6) is -5.76. The van der Waals surface area contributed by atoms with Crippen molar-refractivity contribution in [2.24, 2.45) is 0 Å². The van der Waals surface area contributed by atoms with Crippen LogP contribution in [0.2, 0.25) is 0 Å². The zero-order valence-corrected chi connectivity index (χ0v) is 6.49. The molecule has 0 aliphatic heterocycles. The van der Waals surface area contributed by atoms with E-state index in [1.807, 2.05) is 0 Å². The Labute approximate surface area is 68.9 Å². The lowest BCUT2D eigenvalue weighted by Crippen LogP contribution is -2.45. The van der Waals surface area contributed by atoms with E-state index in [1.54, 1.807) is 0 Å². The maximum absolute atomic E-state index is 11.9. The largest absolute Gasteiger partial charge is 0.459 e. The quantitative estimate of drug-likeness (QED) is 0.575. The summed E-state index contributed by atoms with van der Waals surface area (Å²) >= 11 is 0. The minimum atomic E-state index is -6.14. The minimum absolute atomic E-state index is 2.88. The monoisotopic (exact) mass is 232 g/mol. The third-order valence-corrected chi connectivity index (χ3v) is 1.22. The predicted octanol–water partition coefficient (Wildman–Crippen LogP) is 1.71. The van der Waals surface area contributed by atoms with Crippen molar-refractivity contribution in [3.63, 3.8) is 0 Å². The maximum atomic E-state index is 11.9. The second-order valence-corrected chi connectivity index (χ2v) is 2.51. The molecule has 0 amide bonds. The van der Waals surface area contributed by atoms with Crippen LogP contribution in [0.3, 0.4) is 0 Å². The normalized spacial score (nSPS) is 16.4. The Morgan fingerprint density at radius 3 is 1.69 bits per heavy atom. The summed E-state index contributed by atoms with van der Waals surface area (Å²) in [6.45, 7) is 0. The van der Waals surface area contributed by atoms with Gasteiger partial charge < -0.3 is 9.79 Å². The van der Waals surface area contributed by atoms with E-state index in [-0.39, 0.29) is 0 Å². The Morgan fingerprint density at radius 1 is 1.08 bits per heavy atom. The van der Waals surface area contributed by atoms with E-state index in [1.165, 1.54) is 0 Å². The van der Waals surface area contributed by atoms with E-state index in [0.29, 0.717) is 0 Å². The molecule has 0 spiro atoms. The van der Waals surface area contributed by atoms with E-state index in [0.717, 1.165) is 0 Å². The average Bonchev–Trinajstić information content (AvgIpc) is 1.82. The molecule has 2 N–H and O–H groups in total. The molecule has 10 heteroatoms. The molecule has 80 valence electrons. The fraction of sp³-hybridized carbons (Fsp3) is 1.00. The van der Waals surface area contributed by atoms with Gasteiger partial charge in [-0.1, -0.05) is 0 Å². The van der Waals surface area contributed by atoms with E-state index < -0.39 is 27.1 Å². The van der Waals surface area contributed by atoms with Crippen molar-refractivity contribution in [2.75, 3.05) is 0 Å². The molecule has 0 bridgehead atoms. The van der Waals surface area contributed by atoms with Crippen molar-refractivity contribution < 1.29 is 40.7 Å². The van der Waals surface area contributed by atoms with Crippen LogP contribution in [-0.2, 0) is 4.52 Å². The molecule has 0 aromatic carbocycles. The molecule has 0 saturated carbocycles. The molecule has 1 atom stereocenters. The minimum Gasteiger partial charge on any atom is -0.328 e. The van der Waals surface area contributed by atoms with Gasteiger partial charge in [-0.2, -0.15) is 22.0 Å². The first-order valence-electron chi connectivity index (χ1n) is 2.52. The second-order valence-electron chi connectivity index (χ2n) is 1.79. The fourth-order valence-electron chi connectivity index (χ4n) is 0.278. The van der Waals surface area contributed by atoms with E-state index in [9.17, 15) is 26.3 Å². The summed E-state index contributed by atoms with van der Waals surface area (Å²) in [4.78, 5) is 15.6.